The van der Waals surface area contributed by atoms with Crippen LogP contribution >= 0.6 is 0 Å². The Kier molecular flexibility index (Phi) is 5.55. The first-order chi connectivity index (χ1) is 12.0. The van der Waals surface area contributed by atoms with Crippen LogP contribution in [0.5, 0.6) is 0 Å². The lowest BCUT2D eigenvalue weighted by atomic mass is 10.2. The van der Waals surface area contributed by atoms with Crippen LogP contribution in [0.3, 0.4) is 0 Å². The van der Waals surface area contributed by atoms with Gasteiger partial charge in [0.1, 0.15) is 5.82 Å². The Bertz CT molecular complexity index is 895. The van der Waals surface area contributed by atoms with Gasteiger partial charge in [0.15, 0.2) is 0 Å². The van der Waals surface area contributed by atoms with Crippen LogP contribution in [0, 0.1) is 5.82 Å². The lowest BCUT2D eigenvalue weighted by molar-refractivity contribution is -0.138. The van der Waals surface area contributed by atoms with Crippen molar-refractivity contribution >= 4 is 21.7 Å². The molecule has 10 heteroatoms. The summed E-state index contributed by atoms with van der Waals surface area (Å²) in [5, 5.41) is 8.81. The number of nitrogens with zero attached hydrogens (tertiary/aromatic N) is 1. The fourth-order valence-electron chi connectivity index (χ4n) is 2.16. The molecule has 0 radical (unpaired) electrons. The number of carboxylic acid groups (broad SMARTS) is 1. The third-order valence-electron chi connectivity index (χ3n) is 3.39. The molecule has 0 saturated heterocycles. The van der Waals surface area contributed by atoms with Crippen LogP contribution in [0.15, 0.2) is 53.4 Å². The predicted molar refractivity (Wildman–Crippen MR) is 84.6 cm³/mol. The Morgan fingerprint density at radius 1 is 1.08 bits per heavy atom. The van der Waals surface area contributed by atoms with E-state index in [1.807, 2.05) is 0 Å². The highest BCUT2D eigenvalue weighted by molar-refractivity contribution is 7.92. The molecule has 0 heterocycles. The molecule has 5 nitrogen and oxygen atoms in total. The Morgan fingerprint density at radius 3 is 2.23 bits per heavy atom. The molecule has 0 fully saturated rings. The van der Waals surface area contributed by atoms with Crippen LogP contribution in [0.1, 0.15) is 12.0 Å². The summed E-state index contributed by atoms with van der Waals surface area (Å²) in [6.07, 6.45) is -5.33. The minimum absolute atomic E-state index is 0.342. The maximum atomic E-state index is 13.0. The van der Waals surface area contributed by atoms with Gasteiger partial charge in [-0.2, -0.15) is 13.2 Å². The smallest absolute Gasteiger partial charge is 0.416 e. The molecule has 2 aromatic rings. The fourth-order valence-corrected chi connectivity index (χ4v) is 3.61. The number of aliphatic carboxylic acids is 1. The largest absolute Gasteiger partial charge is 0.481 e. The van der Waals surface area contributed by atoms with Crippen LogP contribution in [0.4, 0.5) is 23.2 Å². The summed E-state index contributed by atoms with van der Waals surface area (Å²) in [6, 6.07) is 7.19. The van der Waals surface area contributed by atoms with Gasteiger partial charge < -0.3 is 5.11 Å². The molecule has 1 N–H and O–H groups in total. The summed E-state index contributed by atoms with van der Waals surface area (Å²) in [6.45, 7) is -0.587. The van der Waals surface area contributed by atoms with E-state index < -0.39 is 46.5 Å². The van der Waals surface area contributed by atoms with Gasteiger partial charge in [0, 0.05) is 6.54 Å². The Hall–Kier alpha value is -2.62. The number of benzene rings is 2. The van der Waals surface area contributed by atoms with Crippen molar-refractivity contribution < 1.29 is 35.9 Å². The van der Waals surface area contributed by atoms with E-state index in [1.54, 1.807) is 0 Å². The standard InChI is InChI=1S/C16H13F4NO4S/c17-12-4-6-14(7-5-12)26(24,25)21(9-8-15(22)23)13-3-1-2-11(10-13)16(18,19)20/h1-7,10H,8-9H2,(H,22,23). The fraction of sp³-hybridized carbons (Fsp3) is 0.188. The molecule has 0 aliphatic carbocycles. The zero-order valence-corrected chi connectivity index (χ0v) is 13.9. The minimum atomic E-state index is -4.70. The van der Waals surface area contributed by atoms with Gasteiger partial charge in [-0.3, -0.25) is 9.10 Å². The van der Waals surface area contributed by atoms with Crippen molar-refractivity contribution in [3.8, 4) is 0 Å². The van der Waals surface area contributed by atoms with Gasteiger partial charge in [-0.25, -0.2) is 12.8 Å². The summed E-state index contributed by atoms with van der Waals surface area (Å²) < 4.78 is 77.8. The quantitative estimate of drug-likeness (QED) is 0.765. The number of sulfonamides is 1. The lowest BCUT2D eigenvalue weighted by Gasteiger charge is -2.24. The highest BCUT2D eigenvalue weighted by Crippen LogP contribution is 2.33. The highest BCUT2D eigenvalue weighted by atomic mass is 32.2. The molecule has 0 bridgehead atoms. The highest BCUT2D eigenvalue weighted by Gasteiger charge is 2.32. The number of carbonyl (C=O) groups is 1. The van der Waals surface area contributed by atoms with Crippen LogP contribution in [-0.2, 0) is 21.0 Å². The third-order valence-corrected chi connectivity index (χ3v) is 5.23. The average Bonchev–Trinajstić information content (AvgIpc) is 2.54. The van der Waals surface area contributed by atoms with Crippen molar-refractivity contribution in [3.05, 3.63) is 59.9 Å². The molecule has 0 spiro atoms. The molecule has 2 aromatic carbocycles. The van der Waals surface area contributed by atoms with Crippen molar-refractivity contribution in [3.63, 3.8) is 0 Å². The molecular formula is C16H13F4NO4S. The van der Waals surface area contributed by atoms with Crippen LogP contribution in [0.25, 0.3) is 0 Å². The summed E-state index contributed by atoms with van der Waals surface area (Å²) in [5.41, 5.74) is -1.42. The molecule has 26 heavy (non-hydrogen) atoms. The van der Waals surface area contributed by atoms with Gasteiger partial charge in [-0.05, 0) is 42.5 Å². The third kappa shape index (κ3) is 4.51. The molecular weight excluding hydrogens is 378 g/mol. The molecule has 0 aliphatic rings. The van der Waals surface area contributed by atoms with E-state index in [4.69, 9.17) is 5.11 Å². The maximum Gasteiger partial charge on any atom is 0.416 e. The number of hydrogen-bond acceptors (Lipinski definition) is 3. The number of alkyl halides is 3. The van der Waals surface area contributed by atoms with Crippen LogP contribution < -0.4 is 4.31 Å². The molecule has 2 rings (SSSR count). The summed E-state index contributed by atoms with van der Waals surface area (Å²) in [7, 11) is -4.39. The molecule has 0 aliphatic heterocycles. The second-order valence-corrected chi connectivity index (χ2v) is 7.09. The molecule has 0 aromatic heterocycles. The number of anilines is 1. The Labute approximate surface area is 146 Å². The normalized spacial score (nSPS) is 12.0. The second-order valence-electron chi connectivity index (χ2n) is 5.22. The topological polar surface area (TPSA) is 74.7 Å². The molecule has 140 valence electrons. The first-order valence-electron chi connectivity index (χ1n) is 7.19. The number of hydrogen-bond donors (Lipinski definition) is 1. The summed E-state index contributed by atoms with van der Waals surface area (Å²) in [4.78, 5) is 10.4. The van der Waals surface area contributed by atoms with Gasteiger partial charge in [-0.1, -0.05) is 6.07 Å². The number of rotatable bonds is 6. The van der Waals surface area contributed by atoms with E-state index in [9.17, 15) is 30.8 Å². The lowest BCUT2D eigenvalue weighted by Crippen LogP contribution is -2.33. The second kappa shape index (κ2) is 7.32. The number of carboxylic acids is 1. The van der Waals surface area contributed by atoms with Crippen molar-refractivity contribution in [2.75, 3.05) is 10.8 Å². The van der Waals surface area contributed by atoms with E-state index in [0.717, 1.165) is 42.5 Å². The first kappa shape index (κ1) is 19.7. The van der Waals surface area contributed by atoms with Gasteiger partial charge in [0.05, 0.1) is 22.6 Å². The van der Waals surface area contributed by atoms with Crippen molar-refractivity contribution in [2.24, 2.45) is 0 Å². The maximum absolute atomic E-state index is 13.0. The van der Waals surface area contributed by atoms with E-state index >= 15 is 0 Å². The molecule has 0 unspecified atom stereocenters. The molecule has 0 atom stereocenters. The van der Waals surface area contributed by atoms with Crippen molar-refractivity contribution in [2.45, 2.75) is 17.5 Å². The van der Waals surface area contributed by atoms with Gasteiger partial charge >= 0.3 is 12.1 Å². The molecule has 0 amide bonds. The van der Waals surface area contributed by atoms with Crippen molar-refractivity contribution in [1.82, 2.24) is 0 Å². The predicted octanol–water partition coefficient (Wildman–Crippen LogP) is 3.51. The Morgan fingerprint density at radius 2 is 1.69 bits per heavy atom. The van der Waals surface area contributed by atoms with Gasteiger partial charge in [0.2, 0.25) is 0 Å². The van der Waals surface area contributed by atoms with Crippen LogP contribution in [-0.4, -0.2) is 26.0 Å². The minimum Gasteiger partial charge on any atom is -0.481 e. The van der Waals surface area contributed by atoms with E-state index in [1.165, 1.54) is 0 Å². The summed E-state index contributed by atoms with van der Waals surface area (Å²) >= 11 is 0. The number of halogens is 4. The molecule has 0 saturated carbocycles. The van der Waals surface area contributed by atoms with Crippen molar-refractivity contribution in [1.29, 1.82) is 0 Å². The van der Waals surface area contributed by atoms with E-state index in [-0.39, 0.29) is 10.6 Å². The zero-order chi connectivity index (χ0) is 19.5. The average molecular weight is 391 g/mol. The van der Waals surface area contributed by atoms with E-state index in [0.29, 0.717) is 10.4 Å². The SMILES string of the molecule is O=C(O)CCN(c1cccc(C(F)(F)F)c1)S(=O)(=O)c1ccc(F)cc1. The Balaban J connectivity index is 2.53. The summed E-state index contributed by atoms with van der Waals surface area (Å²) in [5.74, 6) is -2.02. The first-order valence-corrected chi connectivity index (χ1v) is 8.63. The monoisotopic (exact) mass is 391 g/mol. The van der Waals surface area contributed by atoms with Gasteiger partial charge in [0.25, 0.3) is 10.0 Å². The van der Waals surface area contributed by atoms with Crippen LogP contribution in [0.2, 0.25) is 0 Å². The van der Waals surface area contributed by atoms with Gasteiger partial charge in [-0.15, -0.1) is 0 Å². The zero-order valence-electron chi connectivity index (χ0n) is 13.1. The van der Waals surface area contributed by atoms with E-state index in [2.05, 4.69) is 0 Å².